The first-order valence-electron chi connectivity index (χ1n) is 8.65. The van der Waals surface area contributed by atoms with Crippen molar-refractivity contribution in [3.63, 3.8) is 0 Å². The molecule has 0 spiro atoms. The van der Waals surface area contributed by atoms with E-state index < -0.39 is 67.2 Å². The molecule has 0 N–H and O–H groups in total. The van der Waals surface area contributed by atoms with Crippen LogP contribution in [0.4, 0.5) is 31.1 Å². The summed E-state index contributed by atoms with van der Waals surface area (Å²) in [5.74, 6) is -1.19. The molecule has 166 valence electrons. The number of aromatic nitrogens is 2. The van der Waals surface area contributed by atoms with Gasteiger partial charge in [0.25, 0.3) is 5.89 Å². The number of carbonyl (C=O) groups excluding carboxylic acids is 1. The highest BCUT2D eigenvalue weighted by molar-refractivity contribution is 5.68. The van der Waals surface area contributed by atoms with Crippen molar-refractivity contribution in [2.45, 2.75) is 63.6 Å². The Bertz CT molecular complexity index is 703. The van der Waals surface area contributed by atoms with Crippen molar-refractivity contribution in [1.29, 1.82) is 0 Å². The zero-order valence-corrected chi connectivity index (χ0v) is 16.0. The molecule has 1 fully saturated rings. The van der Waals surface area contributed by atoms with Gasteiger partial charge in [0.2, 0.25) is 0 Å². The second kappa shape index (κ2) is 8.00. The Hall–Kier alpha value is -2.05. The van der Waals surface area contributed by atoms with Crippen LogP contribution < -0.4 is 0 Å². The van der Waals surface area contributed by atoms with Crippen molar-refractivity contribution in [2.75, 3.05) is 19.7 Å². The Morgan fingerprint density at radius 2 is 1.72 bits per heavy atom. The van der Waals surface area contributed by atoms with Crippen molar-refractivity contribution in [3.05, 3.63) is 11.7 Å². The normalized spacial score (nSPS) is 18.0. The molecule has 0 radical (unpaired) electrons. The van der Waals surface area contributed by atoms with E-state index in [0.29, 0.717) is 0 Å². The molecule has 0 aromatic carbocycles. The second-order valence-corrected chi connectivity index (χ2v) is 7.67. The molecule has 2 rings (SSSR count). The van der Waals surface area contributed by atoms with E-state index in [0.717, 1.165) is 4.90 Å². The summed E-state index contributed by atoms with van der Waals surface area (Å²) in [6.45, 7) is 2.01. The Balaban J connectivity index is 2.11. The third-order valence-corrected chi connectivity index (χ3v) is 4.20. The van der Waals surface area contributed by atoms with E-state index >= 15 is 0 Å². The molecule has 1 aliphatic rings. The van der Waals surface area contributed by atoms with Crippen LogP contribution in [0, 0.1) is 0 Å². The number of halogens is 6. The number of amides is 1. The molecular formula is C16H21F6N3O4. The molecule has 1 aromatic rings. The van der Waals surface area contributed by atoms with Crippen molar-refractivity contribution in [1.82, 2.24) is 15.0 Å². The zero-order valence-electron chi connectivity index (χ0n) is 16.0. The van der Waals surface area contributed by atoms with Gasteiger partial charge < -0.3 is 18.9 Å². The molecule has 0 aliphatic carbocycles. The van der Waals surface area contributed by atoms with Gasteiger partial charge in [-0.05, 0) is 33.6 Å². The molecule has 0 atom stereocenters. The molecule has 7 nitrogen and oxygen atoms in total. The van der Waals surface area contributed by atoms with Crippen LogP contribution in [-0.4, -0.2) is 58.8 Å². The molecule has 0 saturated carbocycles. The summed E-state index contributed by atoms with van der Waals surface area (Å²) in [4.78, 5) is 16.8. The molecule has 1 saturated heterocycles. The molecule has 29 heavy (non-hydrogen) atoms. The average molecular weight is 433 g/mol. The molecule has 1 amide bonds. The average Bonchev–Trinajstić information content (AvgIpc) is 3.00. The zero-order chi connectivity index (χ0) is 22.1. The Labute approximate surface area is 162 Å². The number of likely N-dealkylation sites (tertiary alicyclic amines) is 1. The van der Waals surface area contributed by atoms with Gasteiger partial charge in [-0.1, -0.05) is 5.16 Å². The van der Waals surface area contributed by atoms with Crippen LogP contribution in [0.25, 0.3) is 0 Å². The molecule has 0 unspecified atom stereocenters. The SMILES string of the molecule is CC(C)(C)OC(=O)N1CCC(c2noc(COCC(F)(F)F)n2)(C(F)(F)F)CC1. The summed E-state index contributed by atoms with van der Waals surface area (Å²) in [7, 11) is 0. The van der Waals surface area contributed by atoms with Crippen molar-refractivity contribution < 1.29 is 45.1 Å². The summed E-state index contributed by atoms with van der Waals surface area (Å²) in [5, 5.41) is 3.32. The number of rotatable bonds is 4. The van der Waals surface area contributed by atoms with E-state index in [1.807, 2.05) is 0 Å². The molecular weight excluding hydrogens is 412 g/mol. The minimum Gasteiger partial charge on any atom is -0.444 e. The first kappa shape index (κ1) is 23.2. The Kier molecular flexibility index (Phi) is 6.40. The predicted molar refractivity (Wildman–Crippen MR) is 84.8 cm³/mol. The highest BCUT2D eigenvalue weighted by Gasteiger charge is 2.60. The van der Waals surface area contributed by atoms with Crippen LogP contribution in [0.3, 0.4) is 0 Å². The fourth-order valence-electron chi connectivity index (χ4n) is 2.79. The fraction of sp³-hybridized carbons (Fsp3) is 0.812. The lowest BCUT2D eigenvalue weighted by atomic mass is 9.77. The van der Waals surface area contributed by atoms with Crippen molar-refractivity contribution in [3.8, 4) is 0 Å². The largest absolute Gasteiger partial charge is 0.444 e. The lowest BCUT2D eigenvalue weighted by molar-refractivity contribution is -0.205. The van der Waals surface area contributed by atoms with Crippen LogP contribution in [0.15, 0.2) is 4.52 Å². The minimum absolute atomic E-state index is 0.261. The van der Waals surface area contributed by atoms with Crippen LogP contribution in [0.5, 0.6) is 0 Å². The molecule has 1 aromatic heterocycles. The summed E-state index contributed by atoms with van der Waals surface area (Å²) in [6, 6.07) is 0. The number of ether oxygens (including phenoxy) is 2. The number of nitrogens with zero attached hydrogens (tertiary/aromatic N) is 3. The van der Waals surface area contributed by atoms with Gasteiger partial charge in [0.15, 0.2) is 5.82 Å². The maximum absolute atomic E-state index is 13.9. The first-order chi connectivity index (χ1) is 13.1. The van der Waals surface area contributed by atoms with Gasteiger partial charge in [0.05, 0.1) is 0 Å². The van der Waals surface area contributed by atoms with Gasteiger partial charge in [-0.3, -0.25) is 0 Å². The smallest absolute Gasteiger partial charge is 0.411 e. The van der Waals surface area contributed by atoms with E-state index in [4.69, 9.17) is 4.74 Å². The van der Waals surface area contributed by atoms with Gasteiger partial charge in [0, 0.05) is 13.1 Å². The van der Waals surface area contributed by atoms with E-state index in [1.54, 1.807) is 20.8 Å². The summed E-state index contributed by atoms with van der Waals surface area (Å²) in [5.41, 5.74) is -3.29. The van der Waals surface area contributed by atoms with Gasteiger partial charge in [-0.25, -0.2) is 4.79 Å². The van der Waals surface area contributed by atoms with E-state index in [1.165, 1.54) is 0 Å². The number of piperidine rings is 1. The molecule has 1 aliphatic heterocycles. The number of hydrogen-bond donors (Lipinski definition) is 0. The number of hydrogen-bond acceptors (Lipinski definition) is 6. The van der Waals surface area contributed by atoms with Crippen LogP contribution >= 0.6 is 0 Å². The standard InChI is InChI=1S/C16H21F6N3O4/c1-13(2,3)28-12(26)25-6-4-14(5-7-25,16(20,21)22)11-23-10(29-24-11)8-27-9-15(17,18)19/h4-9H2,1-3H3. The van der Waals surface area contributed by atoms with Crippen LogP contribution in [0.1, 0.15) is 45.3 Å². The van der Waals surface area contributed by atoms with Crippen molar-refractivity contribution in [2.24, 2.45) is 0 Å². The third-order valence-electron chi connectivity index (χ3n) is 4.20. The molecule has 13 heteroatoms. The highest BCUT2D eigenvalue weighted by Crippen LogP contribution is 2.47. The number of alkyl halides is 6. The predicted octanol–water partition coefficient (Wildman–Crippen LogP) is 3.98. The van der Waals surface area contributed by atoms with Gasteiger partial charge in [-0.2, -0.15) is 31.3 Å². The Morgan fingerprint density at radius 1 is 1.14 bits per heavy atom. The van der Waals surface area contributed by atoms with Crippen LogP contribution in [0.2, 0.25) is 0 Å². The van der Waals surface area contributed by atoms with E-state index in [9.17, 15) is 31.1 Å². The van der Waals surface area contributed by atoms with E-state index in [-0.39, 0.29) is 13.1 Å². The first-order valence-corrected chi connectivity index (χ1v) is 8.65. The minimum atomic E-state index is -4.76. The topological polar surface area (TPSA) is 77.7 Å². The van der Waals surface area contributed by atoms with Gasteiger partial charge >= 0.3 is 18.4 Å². The lowest BCUT2D eigenvalue weighted by Gasteiger charge is -2.40. The second-order valence-electron chi connectivity index (χ2n) is 7.67. The molecule has 2 heterocycles. The summed E-state index contributed by atoms with van der Waals surface area (Å²) < 4.78 is 92.0. The maximum atomic E-state index is 13.9. The third kappa shape index (κ3) is 5.97. The maximum Gasteiger partial charge on any atom is 0.411 e. The van der Waals surface area contributed by atoms with Crippen molar-refractivity contribution >= 4 is 6.09 Å². The van der Waals surface area contributed by atoms with Gasteiger partial charge in [0.1, 0.15) is 24.2 Å². The fourth-order valence-corrected chi connectivity index (χ4v) is 2.79. The summed E-state index contributed by atoms with van der Waals surface area (Å²) >= 11 is 0. The highest BCUT2D eigenvalue weighted by atomic mass is 19.4. The number of carbonyl (C=O) groups is 1. The van der Waals surface area contributed by atoms with Gasteiger partial charge in [-0.15, -0.1) is 0 Å². The molecule has 0 bridgehead atoms. The lowest BCUT2D eigenvalue weighted by Crippen LogP contribution is -2.53. The Morgan fingerprint density at radius 3 is 2.21 bits per heavy atom. The monoisotopic (exact) mass is 433 g/mol. The summed E-state index contributed by atoms with van der Waals surface area (Å²) in [6.07, 6.45) is -11.2. The van der Waals surface area contributed by atoms with E-state index in [2.05, 4.69) is 19.4 Å². The van der Waals surface area contributed by atoms with Crippen LogP contribution in [-0.2, 0) is 21.5 Å². The quantitative estimate of drug-likeness (QED) is 0.669.